The number of carbonyl (C=O) groups excluding carboxylic acids is 1. The SMILES string of the molecule is CCC[C@@H]1CC(=O)N([C@H](C)CC)C1. The summed E-state index contributed by atoms with van der Waals surface area (Å²) >= 11 is 0. The summed E-state index contributed by atoms with van der Waals surface area (Å²) in [4.78, 5) is 13.6. The van der Waals surface area contributed by atoms with Crippen LogP contribution in [-0.4, -0.2) is 23.4 Å². The molecule has 2 nitrogen and oxygen atoms in total. The number of amides is 1. The number of carbonyl (C=O) groups is 1. The summed E-state index contributed by atoms with van der Waals surface area (Å²) in [6.45, 7) is 7.48. The first-order chi connectivity index (χ1) is 6.19. The van der Waals surface area contributed by atoms with Crippen molar-refractivity contribution >= 4 is 5.91 Å². The van der Waals surface area contributed by atoms with Crippen LogP contribution in [0.25, 0.3) is 0 Å². The Balaban J connectivity index is 2.46. The first-order valence-electron chi connectivity index (χ1n) is 5.48. The minimum atomic E-state index is 0.368. The first-order valence-corrected chi connectivity index (χ1v) is 5.48. The zero-order valence-electron chi connectivity index (χ0n) is 9.05. The van der Waals surface area contributed by atoms with Crippen molar-refractivity contribution in [2.75, 3.05) is 6.54 Å². The molecule has 0 aromatic carbocycles. The zero-order chi connectivity index (χ0) is 9.84. The van der Waals surface area contributed by atoms with E-state index in [-0.39, 0.29) is 0 Å². The van der Waals surface area contributed by atoms with Crippen LogP contribution in [0.3, 0.4) is 0 Å². The highest BCUT2D eigenvalue weighted by molar-refractivity contribution is 5.78. The molecule has 0 unspecified atom stereocenters. The van der Waals surface area contributed by atoms with Crippen LogP contribution in [0.2, 0.25) is 0 Å². The van der Waals surface area contributed by atoms with Gasteiger partial charge in [0.25, 0.3) is 0 Å². The molecule has 0 aromatic rings. The Hall–Kier alpha value is -0.530. The van der Waals surface area contributed by atoms with Crippen molar-refractivity contribution in [2.45, 2.75) is 52.5 Å². The lowest BCUT2D eigenvalue weighted by Crippen LogP contribution is -2.33. The summed E-state index contributed by atoms with van der Waals surface area (Å²) in [6, 6.07) is 0.439. The van der Waals surface area contributed by atoms with Gasteiger partial charge in [-0.2, -0.15) is 0 Å². The highest BCUT2D eigenvalue weighted by atomic mass is 16.2. The van der Waals surface area contributed by atoms with Crippen molar-refractivity contribution in [1.82, 2.24) is 4.90 Å². The third kappa shape index (κ3) is 2.45. The topological polar surface area (TPSA) is 20.3 Å². The summed E-state index contributed by atoms with van der Waals surface area (Å²) in [5, 5.41) is 0. The van der Waals surface area contributed by atoms with Gasteiger partial charge in [-0.15, -0.1) is 0 Å². The van der Waals surface area contributed by atoms with Crippen LogP contribution in [0.4, 0.5) is 0 Å². The molecule has 0 aromatic heterocycles. The summed E-state index contributed by atoms with van der Waals surface area (Å²) in [6.07, 6.45) is 4.27. The monoisotopic (exact) mass is 183 g/mol. The average molecular weight is 183 g/mol. The molecule has 1 heterocycles. The van der Waals surface area contributed by atoms with E-state index in [1.54, 1.807) is 0 Å². The van der Waals surface area contributed by atoms with Crippen LogP contribution in [-0.2, 0) is 4.79 Å². The fourth-order valence-corrected chi connectivity index (χ4v) is 2.06. The van der Waals surface area contributed by atoms with E-state index in [0.29, 0.717) is 17.9 Å². The average Bonchev–Trinajstić information content (AvgIpc) is 2.46. The maximum Gasteiger partial charge on any atom is 0.223 e. The van der Waals surface area contributed by atoms with Crippen LogP contribution in [0.1, 0.15) is 46.5 Å². The highest BCUT2D eigenvalue weighted by Crippen LogP contribution is 2.24. The van der Waals surface area contributed by atoms with Crippen molar-refractivity contribution in [3.8, 4) is 0 Å². The number of likely N-dealkylation sites (tertiary alicyclic amines) is 1. The molecule has 76 valence electrons. The van der Waals surface area contributed by atoms with Crippen LogP contribution in [0.5, 0.6) is 0 Å². The van der Waals surface area contributed by atoms with Crippen LogP contribution in [0, 0.1) is 5.92 Å². The van der Waals surface area contributed by atoms with Crippen molar-refractivity contribution in [3.05, 3.63) is 0 Å². The smallest absolute Gasteiger partial charge is 0.223 e. The van der Waals surface area contributed by atoms with Gasteiger partial charge in [0.2, 0.25) is 5.91 Å². The van der Waals surface area contributed by atoms with Gasteiger partial charge in [-0.1, -0.05) is 20.3 Å². The van der Waals surface area contributed by atoms with Gasteiger partial charge >= 0.3 is 0 Å². The molecule has 0 aliphatic carbocycles. The van der Waals surface area contributed by atoms with Crippen molar-refractivity contribution in [2.24, 2.45) is 5.92 Å². The molecule has 1 aliphatic rings. The fraction of sp³-hybridized carbons (Fsp3) is 0.909. The lowest BCUT2D eigenvalue weighted by molar-refractivity contribution is -0.129. The van der Waals surface area contributed by atoms with Gasteiger partial charge in [0, 0.05) is 19.0 Å². The van der Waals surface area contributed by atoms with Crippen molar-refractivity contribution < 1.29 is 4.79 Å². The van der Waals surface area contributed by atoms with Crippen molar-refractivity contribution in [1.29, 1.82) is 0 Å². The van der Waals surface area contributed by atoms with E-state index in [4.69, 9.17) is 0 Å². The second kappa shape index (κ2) is 4.64. The number of nitrogens with zero attached hydrogens (tertiary/aromatic N) is 1. The van der Waals surface area contributed by atoms with E-state index in [0.717, 1.165) is 19.4 Å². The van der Waals surface area contributed by atoms with Gasteiger partial charge in [-0.3, -0.25) is 4.79 Å². The minimum absolute atomic E-state index is 0.368. The Morgan fingerprint density at radius 3 is 2.77 bits per heavy atom. The Kier molecular flexibility index (Phi) is 3.76. The highest BCUT2D eigenvalue weighted by Gasteiger charge is 2.30. The summed E-state index contributed by atoms with van der Waals surface area (Å²) in [5.41, 5.74) is 0. The van der Waals surface area contributed by atoms with Crippen LogP contribution < -0.4 is 0 Å². The molecule has 2 heteroatoms. The molecule has 0 N–H and O–H groups in total. The quantitative estimate of drug-likeness (QED) is 0.655. The number of hydrogen-bond acceptors (Lipinski definition) is 1. The minimum Gasteiger partial charge on any atom is -0.340 e. The fourth-order valence-electron chi connectivity index (χ4n) is 2.06. The molecular weight excluding hydrogens is 162 g/mol. The second-order valence-electron chi connectivity index (χ2n) is 4.16. The Bertz CT molecular complexity index is 179. The van der Waals surface area contributed by atoms with Crippen LogP contribution >= 0.6 is 0 Å². The molecule has 0 saturated carbocycles. The lowest BCUT2D eigenvalue weighted by atomic mass is 10.0. The molecule has 1 amide bonds. The second-order valence-corrected chi connectivity index (χ2v) is 4.16. The molecule has 0 radical (unpaired) electrons. The Morgan fingerprint density at radius 1 is 1.54 bits per heavy atom. The zero-order valence-corrected chi connectivity index (χ0v) is 9.05. The molecule has 0 spiro atoms. The predicted molar refractivity (Wildman–Crippen MR) is 54.5 cm³/mol. The molecule has 1 aliphatic heterocycles. The van der Waals surface area contributed by atoms with E-state index in [1.807, 2.05) is 0 Å². The normalized spacial score (nSPS) is 25.3. The van der Waals surface area contributed by atoms with Gasteiger partial charge in [0.05, 0.1) is 0 Å². The summed E-state index contributed by atoms with van der Waals surface area (Å²) < 4.78 is 0. The van der Waals surface area contributed by atoms with Gasteiger partial charge in [0.15, 0.2) is 0 Å². The number of rotatable bonds is 4. The maximum absolute atomic E-state index is 11.6. The summed E-state index contributed by atoms with van der Waals surface area (Å²) in [5.74, 6) is 0.999. The molecule has 0 bridgehead atoms. The summed E-state index contributed by atoms with van der Waals surface area (Å²) in [7, 11) is 0. The van der Waals surface area contributed by atoms with Gasteiger partial charge in [0.1, 0.15) is 0 Å². The molecule has 1 rings (SSSR count). The van der Waals surface area contributed by atoms with E-state index in [1.165, 1.54) is 12.8 Å². The third-order valence-electron chi connectivity index (χ3n) is 3.06. The van der Waals surface area contributed by atoms with Gasteiger partial charge in [-0.25, -0.2) is 0 Å². The van der Waals surface area contributed by atoms with Crippen molar-refractivity contribution in [3.63, 3.8) is 0 Å². The van der Waals surface area contributed by atoms with Crippen LogP contribution in [0.15, 0.2) is 0 Å². The standard InChI is InChI=1S/C11H21NO/c1-4-6-10-7-11(13)12(8-10)9(3)5-2/h9-10H,4-8H2,1-3H3/t9-,10-/m1/s1. The third-order valence-corrected chi connectivity index (χ3v) is 3.06. The Labute approximate surface area is 81.3 Å². The lowest BCUT2D eigenvalue weighted by Gasteiger charge is -2.23. The largest absolute Gasteiger partial charge is 0.340 e. The maximum atomic E-state index is 11.6. The van der Waals surface area contributed by atoms with E-state index in [9.17, 15) is 4.79 Å². The molecular formula is C11H21NO. The van der Waals surface area contributed by atoms with E-state index < -0.39 is 0 Å². The Morgan fingerprint density at radius 2 is 2.23 bits per heavy atom. The van der Waals surface area contributed by atoms with E-state index >= 15 is 0 Å². The van der Waals surface area contributed by atoms with E-state index in [2.05, 4.69) is 25.7 Å². The first kappa shape index (κ1) is 10.6. The molecule has 1 saturated heterocycles. The predicted octanol–water partition coefficient (Wildman–Crippen LogP) is 2.43. The number of hydrogen-bond donors (Lipinski definition) is 0. The molecule has 2 atom stereocenters. The molecule has 1 fully saturated rings. The molecule has 13 heavy (non-hydrogen) atoms. The van der Waals surface area contributed by atoms with Gasteiger partial charge in [-0.05, 0) is 25.7 Å². The van der Waals surface area contributed by atoms with Gasteiger partial charge < -0.3 is 4.90 Å².